The minimum Gasteiger partial charge on any atom is -0.243 e. The summed E-state index contributed by atoms with van der Waals surface area (Å²) >= 11 is 1.42. The number of halogens is 3. The van der Waals surface area contributed by atoms with Gasteiger partial charge < -0.3 is 0 Å². The Morgan fingerprint density at radius 1 is 1.00 bits per heavy atom. The summed E-state index contributed by atoms with van der Waals surface area (Å²) in [7, 11) is 0. The summed E-state index contributed by atoms with van der Waals surface area (Å²) in [6.45, 7) is 0. The number of benzene rings is 1. The van der Waals surface area contributed by atoms with E-state index < -0.39 is 11.9 Å². The predicted octanol–water partition coefficient (Wildman–Crippen LogP) is 4.98. The van der Waals surface area contributed by atoms with Crippen LogP contribution in [0.3, 0.4) is 0 Å². The van der Waals surface area contributed by atoms with Gasteiger partial charge in [0.25, 0.3) is 0 Å². The van der Waals surface area contributed by atoms with Crippen molar-refractivity contribution in [2.75, 3.05) is 0 Å². The molecule has 0 atom stereocenters. The van der Waals surface area contributed by atoms with E-state index in [1.54, 1.807) is 24.3 Å². The summed E-state index contributed by atoms with van der Waals surface area (Å²) in [6.07, 6.45) is -4.43. The van der Waals surface area contributed by atoms with E-state index >= 15 is 0 Å². The molecule has 1 nitrogen and oxygen atoms in total. The molecule has 0 unspecified atom stereocenters. The fourth-order valence-electron chi connectivity index (χ4n) is 1.96. The molecule has 0 amide bonds. The molecule has 19 heavy (non-hydrogen) atoms. The summed E-state index contributed by atoms with van der Waals surface area (Å²) in [4.78, 5) is 4.51. The lowest BCUT2D eigenvalue weighted by Crippen LogP contribution is -2.08. The van der Waals surface area contributed by atoms with Gasteiger partial charge in [-0.1, -0.05) is 24.3 Å². The highest BCUT2D eigenvalue weighted by atomic mass is 32.1. The third-order valence-electron chi connectivity index (χ3n) is 2.79. The number of pyridine rings is 1. The molecule has 2 aromatic heterocycles. The number of nitrogens with zero attached hydrogens (tertiary/aromatic N) is 1. The molecule has 3 aromatic rings. The first-order valence-electron chi connectivity index (χ1n) is 5.56. The number of rotatable bonds is 1. The molecule has 2 heterocycles. The monoisotopic (exact) mass is 279 g/mol. The number of aromatic nitrogens is 1. The zero-order chi connectivity index (χ0) is 13.5. The van der Waals surface area contributed by atoms with E-state index in [1.807, 2.05) is 17.5 Å². The summed E-state index contributed by atoms with van der Waals surface area (Å²) in [6, 6.07) is 11.6. The van der Waals surface area contributed by atoms with E-state index in [2.05, 4.69) is 4.98 Å². The van der Waals surface area contributed by atoms with Crippen molar-refractivity contribution in [2.24, 2.45) is 0 Å². The molecule has 0 aliphatic heterocycles. The second kappa shape index (κ2) is 4.35. The minimum atomic E-state index is -4.43. The Hall–Kier alpha value is -1.88. The summed E-state index contributed by atoms with van der Waals surface area (Å²) in [5.74, 6) is 0. The van der Waals surface area contributed by atoms with E-state index in [0.717, 1.165) is 16.3 Å². The van der Waals surface area contributed by atoms with Crippen LogP contribution in [0.1, 0.15) is 5.69 Å². The number of hydrogen-bond acceptors (Lipinski definition) is 2. The molecular formula is C14H8F3NS. The fourth-order valence-corrected chi connectivity index (χ4v) is 2.71. The van der Waals surface area contributed by atoms with Crippen LogP contribution in [-0.2, 0) is 6.18 Å². The van der Waals surface area contributed by atoms with Crippen molar-refractivity contribution in [1.82, 2.24) is 4.98 Å². The summed E-state index contributed by atoms with van der Waals surface area (Å²) < 4.78 is 38.6. The smallest absolute Gasteiger partial charge is 0.243 e. The van der Waals surface area contributed by atoms with Gasteiger partial charge in [-0.15, -0.1) is 11.3 Å². The highest BCUT2D eigenvalue weighted by Crippen LogP contribution is 2.36. The molecule has 0 radical (unpaired) electrons. The van der Waals surface area contributed by atoms with Crippen LogP contribution in [0.25, 0.3) is 21.3 Å². The van der Waals surface area contributed by atoms with Crippen molar-refractivity contribution in [3.8, 4) is 10.4 Å². The lowest BCUT2D eigenvalue weighted by molar-refractivity contribution is -0.140. The highest BCUT2D eigenvalue weighted by Gasteiger charge is 2.33. The number of hydrogen-bond donors (Lipinski definition) is 0. The average Bonchev–Trinajstić information content (AvgIpc) is 2.90. The van der Waals surface area contributed by atoms with Gasteiger partial charge in [-0.3, -0.25) is 0 Å². The van der Waals surface area contributed by atoms with Crippen LogP contribution < -0.4 is 0 Å². The second-order valence-corrected chi connectivity index (χ2v) is 4.99. The Balaban J connectivity index is 2.35. The topological polar surface area (TPSA) is 12.9 Å². The van der Waals surface area contributed by atoms with E-state index in [9.17, 15) is 13.2 Å². The van der Waals surface area contributed by atoms with Gasteiger partial charge in [-0.25, -0.2) is 4.98 Å². The molecule has 0 aliphatic carbocycles. The molecule has 0 saturated carbocycles. The number of thiophene rings is 1. The third-order valence-corrected chi connectivity index (χ3v) is 3.70. The molecule has 0 bridgehead atoms. The van der Waals surface area contributed by atoms with Gasteiger partial charge in [0.15, 0.2) is 0 Å². The fraction of sp³-hybridized carbons (Fsp3) is 0.0714. The first-order valence-corrected chi connectivity index (χ1v) is 6.44. The number of alkyl halides is 3. The van der Waals surface area contributed by atoms with Gasteiger partial charge in [-0.05, 0) is 23.6 Å². The molecule has 0 spiro atoms. The van der Waals surface area contributed by atoms with E-state index in [1.165, 1.54) is 11.3 Å². The van der Waals surface area contributed by atoms with Crippen LogP contribution in [0.4, 0.5) is 13.2 Å². The van der Waals surface area contributed by atoms with Gasteiger partial charge in [0, 0.05) is 15.8 Å². The lowest BCUT2D eigenvalue weighted by Gasteiger charge is -2.10. The Morgan fingerprint density at radius 2 is 1.79 bits per heavy atom. The zero-order valence-corrected chi connectivity index (χ0v) is 10.4. The average molecular weight is 279 g/mol. The number of fused-ring (bicyclic) bond motifs is 1. The maximum absolute atomic E-state index is 12.9. The van der Waals surface area contributed by atoms with Gasteiger partial charge in [-0.2, -0.15) is 13.2 Å². The Morgan fingerprint density at radius 3 is 2.47 bits per heavy atom. The van der Waals surface area contributed by atoms with Crippen molar-refractivity contribution in [2.45, 2.75) is 6.18 Å². The predicted molar refractivity (Wildman–Crippen MR) is 70.1 cm³/mol. The van der Waals surface area contributed by atoms with Crippen molar-refractivity contribution >= 4 is 22.2 Å². The van der Waals surface area contributed by atoms with Crippen LogP contribution in [-0.4, -0.2) is 4.98 Å². The quantitative estimate of drug-likeness (QED) is 0.612. The molecule has 0 N–H and O–H groups in total. The third kappa shape index (κ3) is 2.21. The summed E-state index contributed by atoms with van der Waals surface area (Å²) in [5, 5.41) is 2.58. The molecule has 0 saturated heterocycles. The van der Waals surface area contributed by atoms with Gasteiger partial charge >= 0.3 is 6.18 Å². The minimum absolute atomic E-state index is 0.362. The van der Waals surface area contributed by atoms with E-state index in [-0.39, 0.29) is 0 Å². The van der Waals surface area contributed by atoms with Gasteiger partial charge in [0.05, 0.1) is 5.52 Å². The van der Waals surface area contributed by atoms with Gasteiger partial charge in [0.1, 0.15) is 5.69 Å². The van der Waals surface area contributed by atoms with Crippen LogP contribution in [0, 0.1) is 0 Å². The molecule has 1 aromatic carbocycles. The highest BCUT2D eigenvalue weighted by molar-refractivity contribution is 7.13. The maximum Gasteiger partial charge on any atom is 0.433 e. The van der Waals surface area contributed by atoms with E-state index in [4.69, 9.17) is 0 Å². The Kier molecular flexibility index (Phi) is 2.78. The van der Waals surface area contributed by atoms with Crippen molar-refractivity contribution in [1.29, 1.82) is 0 Å². The molecule has 96 valence electrons. The maximum atomic E-state index is 12.9. The SMILES string of the molecule is FC(F)(F)c1cc(-c2cccs2)c2ccccc2n1. The van der Waals surface area contributed by atoms with E-state index in [0.29, 0.717) is 11.1 Å². The molecule has 0 fully saturated rings. The molecular weight excluding hydrogens is 271 g/mol. The van der Waals surface area contributed by atoms with Crippen molar-refractivity contribution < 1.29 is 13.2 Å². The standard InChI is InChI=1S/C14H8F3NS/c15-14(16,17)13-8-10(12-6-3-7-19-12)9-4-1-2-5-11(9)18-13/h1-8H. The van der Waals surface area contributed by atoms with Crippen LogP contribution in [0.2, 0.25) is 0 Å². The van der Waals surface area contributed by atoms with Crippen LogP contribution in [0.5, 0.6) is 0 Å². The molecule has 5 heteroatoms. The Bertz CT molecular complexity index is 717. The van der Waals surface area contributed by atoms with Gasteiger partial charge in [0.2, 0.25) is 0 Å². The van der Waals surface area contributed by atoms with Crippen molar-refractivity contribution in [3.63, 3.8) is 0 Å². The first kappa shape index (κ1) is 12.2. The van der Waals surface area contributed by atoms with Crippen LogP contribution in [0.15, 0.2) is 47.8 Å². The van der Waals surface area contributed by atoms with Crippen molar-refractivity contribution in [3.05, 3.63) is 53.5 Å². The summed E-state index contributed by atoms with van der Waals surface area (Å²) in [5.41, 5.74) is 0.0863. The lowest BCUT2D eigenvalue weighted by atomic mass is 10.1. The number of para-hydroxylation sites is 1. The zero-order valence-electron chi connectivity index (χ0n) is 9.61. The molecule has 3 rings (SSSR count). The first-order chi connectivity index (χ1) is 9.05. The second-order valence-electron chi connectivity index (χ2n) is 4.05. The Labute approximate surface area is 111 Å². The normalized spacial score (nSPS) is 11.9. The van der Waals surface area contributed by atoms with Crippen LogP contribution >= 0.6 is 11.3 Å². The molecule has 0 aliphatic rings. The largest absolute Gasteiger partial charge is 0.433 e.